The van der Waals surface area contributed by atoms with Gasteiger partial charge in [-0.2, -0.15) is 0 Å². The van der Waals surface area contributed by atoms with Gasteiger partial charge in [0.1, 0.15) is 0 Å². The molecule has 10 aliphatic rings. The van der Waals surface area contributed by atoms with Crippen molar-refractivity contribution in [2.75, 3.05) is 0 Å². The van der Waals surface area contributed by atoms with E-state index < -0.39 is 0 Å². The molecule has 14 unspecified atom stereocenters. The summed E-state index contributed by atoms with van der Waals surface area (Å²) in [5.74, 6) is 20.3. The average molecular weight is 711 g/mol. The molecular formula is C52H86. The Kier molecular flexibility index (Phi) is 11.5. The van der Waals surface area contributed by atoms with Crippen molar-refractivity contribution in [1.29, 1.82) is 0 Å². The van der Waals surface area contributed by atoms with E-state index >= 15 is 0 Å². The van der Waals surface area contributed by atoms with Gasteiger partial charge in [-0.1, -0.05) is 154 Å². The first-order chi connectivity index (χ1) is 25.8. The minimum absolute atomic E-state index is 1.10. The summed E-state index contributed by atoms with van der Waals surface area (Å²) in [6.07, 6.45) is 54.7. The highest BCUT2D eigenvalue weighted by Gasteiger charge is 2.59. The number of fused-ring (bicyclic) bond motifs is 4. The van der Waals surface area contributed by atoms with Crippen LogP contribution in [0.15, 0.2) is 0 Å². The third kappa shape index (κ3) is 6.89. The van der Waals surface area contributed by atoms with E-state index in [1.807, 2.05) is 0 Å². The van der Waals surface area contributed by atoms with E-state index in [1.54, 1.807) is 218 Å². The van der Waals surface area contributed by atoms with E-state index in [0.717, 1.165) is 107 Å². The van der Waals surface area contributed by atoms with Gasteiger partial charge in [0.25, 0.3) is 0 Å². The molecule has 0 aromatic heterocycles. The van der Waals surface area contributed by atoms with Crippen molar-refractivity contribution in [3.8, 4) is 0 Å². The second kappa shape index (κ2) is 16.5. The molecule has 52 heavy (non-hydrogen) atoms. The van der Waals surface area contributed by atoms with Crippen molar-refractivity contribution in [2.45, 2.75) is 218 Å². The maximum Gasteiger partial charge on any atom is -0.0323 e. The second-order valence-electron chi connectivity index (χ2n) is 22.9. The lowest BCUT2D eigenvalue weighted by molar-refractivity contribution is -0.139. The Morgan fingerprint density at radius 1 is 0.154 bits per heavy atom. The first-order valence-electron chi connectivity index (χ1n) is 25.8. The van der Waals surface area contributed by atoms with Gasteiger partial charge in [-0.25, -0.2) is 0 Å². The molecule has 10 saturated carbocycles. The molecule has 10 aliphatic carbocycles. The predicted molar refractivity (Wildman–Crippen MR) is 220 cm³/mol. The molecule has 0 spiro atoms. The topological polar surface area (TPSA) is 0 Å². The van der Waals surface area contributed by atoms with Crippen LogP contribution in [0.1, 0.15) is 218 Å². The molecule has 0 heteroatoms. The van der Waals surface area contributed by atoms with Gasteiger partial charge in [0.05, 0.1) is 0 Å². The fourth-order valence-corrected chi connectivity index (χ4v) is 19.7. The Bertz CT molecular complexity index is 1020. The lowest BCUT2D eigenvalue weighted by Crippen LogP contribution is -2.56. The van der Waals surface area contributed by atoms with E-state index in [-0.39, 0.29) is 0 Å². The van der Waals surface area contributed by atoms with Crippen LogP contribution in [0.4, 0.5) is 0 Å². The van der Waals surface area contributed by atoms with Crippen molar-refractivity contribution in [3.05, 3.63) is 0 Å². The maximum atomic E-state index is 1.71. The molecule has 10 fully saturated rings. The van der Waals surface area contributed by atoms with Gasteiger partial charge in [-0.05, 0) is 171 Å². The molecule has 0 radical (unpaired) electrons. The van der Waals surface area contributed by atoms with Crippen LogP contribution in [-0.4, -0.2) is 0 Å². The predicted octanol–water partition coefficient (Wildman–Crippen LogP) is 15.5. The van der Waals surface area contributed by atoms with Crippen LogP contribution in [0.2, 0.25) is 0 Å². The molecule has 0 amide bonds. The summed E-state index contributed by atoms with van der Waals surface area (Å²) in [4.78, 5) is 0. The summed E-state index contributed by atoms with van der Waals surface area (Å²) in [6.45, 7) is 0. The van der Waals surface area contributed by atoms with Gasteiger partial charge in [0.2, 0.25) is 0 Å². The summed E-state index contributed by atoms with van der Waals surface area (Å²) < 4.78 is 0. The zero-order valence-electron chi connectivity index (χ0n) is 34.4. The maximum absolute atomic E-state index is 1.71. The van der Waals surface area contributed by atoms with Crippen molar-refractivity contribution in [2.24, 2.45) is 107 Å². The third-order valence-electron chi connectivity index (χ3n) is 21.1. The van der Waals surface area contributed by atoms with Crippen molar-refractivity contribution >= 4 is 0 Å². The molecular weight excluding hydrogens is 625 g/mol. The lowest BCUT2D eigenvalue weighted by Gasteiger charge is -2.63. The molecule has 0 aromatic rings. The van der Waals surface area contributed by atoms with Crippen LogP contribution in [0.3, 0.4) is 0 Å². The van der Waals surface area contributed by atoms with Crippen molar-refractivity contribution in [3.63, 3.8) is 0 Å². The molecule has 10 rings (SSSR count). The van der Waals surface area contributed by atoms with Crippen LogP contribution in [0.25, 0.3) is 0 Å². The van der Waals surface area contributed by atoms with Crippen LogP contribution >= 0.6 is 0 Å². The minimum atomic E-state index is 1.10. The van der Waals surface area contributed by atoms with E-state index in [4.69, 9.17) is 0 Å². The normalized spacial score (nSPS) is 48.9. The van der Waals surface area contributed by atoms with E-state index in [2.05, 4.69) is 0 Å². The highest BCUT2D eigenvalue weighted by atomic mass is 14.6. The van der Waals surface area contributed by atoms with Crippen molar-refractivity contribution < 1.29 is 0 Å². The fraction of sp³-hybridized carbons (Fsp3) is 1.00. The lowest BCUT2D eigenvalue weighted by atomic mass is 9.42. The molecule has 0 aromatic carbocycles. The Morgan fingerprint density at radius 3 is 0.673 bits per heavy atom. The van der Waals surface area contributed by atoms with Crippen LogP contribution in [0.5, 0.6) is 0 Å². The van der Waals surface area contributed by atoms with E-state index in [0.29, 0.717) is 0 Å². The second-order valence-corrected chi connectivity index (χ2v) is 22.9. The zero-order valence-corrected chi connectivity index (χ0v) is 34.4. The fourth-order valence-electron chi connectivity index (χ4n) is 19.7. The SMILES string of the molecule is C1CCC(C2C3CCCCC3C(C3CCCCC3)C3CC(C4CCC5C(C4)C(C4CCCCC4)C4CCCCC4C5C4CCCCC4)CCC32)CC1. The van der Waals surface area contributed by atoms with Crippen LogP contribution < -0.4 is 0 Å². The first-order valence-corrected chi connectivity index (χ1v) is 25.8. The summed E-state index contributed by atoms with van der Waals surface area (Å²) in [5.41, 5.74) is 0. The van der Waals surface area contributed by atoms with Crippen LogP contribution in [0, 0.1) is 107 Å². The molecule has 294 valence electrons. The number of hydrogen-bond donors (Lipinski definition) is 0. The summed E-state index contributed by atoms with van der Waals surface area (Å²) >= 11 is 0. The largest absolute Gasteiger partial charge is 0.0533 e. The Labute approximate surface area is 323 Å². The van der Waals surface area contributed by atoms with E-state index in [9.17, 15) is 0 Å². The number of hydrogen-bond acceptors (Lipinski definition) is 0. The Hall–Kier alpha value is 0. The van der Waals surface area contributed by atoms with Gasteiger partial charge < -0.3 is 0 Å². The monoisotopic (exact) mass is 711 g/mol. The molecule has 0 N–H and O–H groups in total. The highest BCUT2D eigenvalue weighted by Crippen LogP contribution is 2.66. The first kappa shape index (κ1) is 36.3. The van der Waals surface area contributed by atoms with Gasteiger partial charge in [0, 0.05) is 0 Å². The average Bonchev–Trinajstić information content (AvgIpc) is 3.22. The van der Waals surface area contributed by atoms with Crippen LogP contribution in [-0.2, 0) is 0 Å². The van der Waals surface area contributed by atoms with Gasteiger partial charge >= 0.3 is 0 Å². The zero-order chi connectivity index (χ0) is 34.4. The molecule has 0 saturated heterocycles. The summed E-state index contributed by atoms with van der Waals surface area (Å²) in [5, 5.41) is 0. The van der Waals surface area contributed by atoms with Gasteiger partial charge in [0.15, 0.2) is 0 Å². The third-order valence-corrected chi connectivity index (χ3v) is 21.1. The molecule has 0 nitrogen and oxygen atoms in total. The molecule has 0 heterocycles. The Morgan fingerprint density at radius 2 is 0.385 bits per heavy atom. The van der Waals surface area contributed by atoms with Gasteiger partial charge in [-0.3, -0.25) is 0 Å². The standard InChI is InChI=1S/C52H86/c1-5-17-35(18-6-1)49-41-25-13-15-27-43(41)51(37-21-9-3-10-22-37)47-33-39(29-31-45(47)49)40-30-32-46-48(34-40)52(38-23-11-4-12-24-38)44-28-16-14-26-42(44)50(46)36-19-7-2-8-20-36/h35-52H,1-34H2. The molecule has 14 atom stereocenters. The Balaban J connectivity index is 0.944. The highest BCUT2D eigenvalue weighted by molar-refractivity contribution is 5.08. The quantitative estimate of drug-likeness (QED) is 0.266. The van der Waals surface area contributed by atoms with Gasteiger partial charge in [-0.15, -0.1) is 0 Å². The summed E-state index contributed by atoms with van der Waals surface area (Å²) in [6, 6.07) is 0. The van der Waals surface area contributed by atoms with E-state index in [1.165, 1.54) is 0 Å². The summed E-state index contributed by atoms with van der Waals surface area (Å²) in [7, 11) is 0. The van der Waals surface area contributed by atoms with Crippen molar-refractivity contribution in [1.82, 2.24) is 0 Å². The number of rotatable bonds is 5. The molecule has 0 aliphatic heterocycles. The molecule has 0 bridgehead atoms. The minimum Gasteiger partial charge on any atom is -0.0533 e. The smallest absolute Gasteiger partial charge is 0.0323 e.